The third-order valence-corrected chi connectivity index (χ3v) is 6.34. The van der Waals surface area contributed by atoms with Gasteiger partial charge in [-0.3, -0.25) is 0 Å². The Morgan fingerprint density at radius 2 is 1.81 bits per heavy atom. The molecule has 1 fully saturated rings. The Labute approximate surface area is 148 Å². The molecule has 0 bridgehead atoms. The first-order chi connectivity index (χ1) is 12.1. The number of hydrogen-bond acceptors (Lipinski definition) is 6. The van der Waals surface area contributed by atoms with Gasteiger partial charge in [0, 0.05) is 32.4 Å². The van der Waals surface area contributed by atoms with Gasteiger partial charge >= 0.3 is 6.18 Å². The normalized spacial score (nSPS) is 16.9. The Morgan fingerprint density at radius 1 is 1.15 bits per heavy atom. The summed E-state index contributed by atoms with van der Waals surface area (Å²) in [6.07, 6.45) is -3.24. The number of nitrogens with zero attached hydrogens (tertiary/aromatic N) is 4. The number of halogens is 3. The summed E-state index contributed by atoms with van der Waals surface area (Å²) in [6.45, 7) is 3.32. The van der Waals surface area contributed by atoms with E-state index in [1.807, 2.05) is 0 Å². The summed E-state index contributed by atoms with van der Waals surface area (Å²) >= 11 is 0. The fourth-order valence-corrected chi connectivity index (χ4v) is 4.70. The largest absolute Gasteiger partial charge is 0.419 e. The second-order valence-corrected chi connectivity index (χ2v) is 7.79. The monoisotopic (exact) mass is 390 g/mol. The third kappa shape index (κ3) is 3.28. The first kappa shape index (κ1) is 18.6. The summed E-state index contributed by atoms with van der Waals surface area (Å²) in [5.74, 6) is 0.00315. The second kappa shape index (κ2) is 6.54. The van der Waals surface area contributed by atoms with Crippen molar-refractivity contribution < 1.29 is 26.1 Å². The van der Waals surface area contributed by atoms with Gasteiger partial charge in [0.15, 0.2) is 5.76 Å². The van der Waals surface area contributed by atoms with Crippen molar-refractivity contribution in [1.29, 1.82) is 0 Å². The summed E-state index contributed by atoms with van der Waals surface area (Å²) in [6, 6.07) is 2.19. The van der Waals surface area contributed by atoms with Crippen LogP contribution in [0.15, 0.2) is 27.7 Å². The average Bonchev–Trinajstić information content (AvgIpc) is 2.93. The summed E-state index contributed by atoms with van der Waals surface area (Å²) in [4.78, 5) is 5.31. The molecular formula is C15H17F3N4O3S. The predicted molar refractivity (Wildman–Crippen MR) is 86.2 cm³/mol. The summed E-state index contributed by atoms with van der Waals surface area (Å²) in [7, 11) is -3.82. The highest BCUT2D eigenvalue weighted by atomic mass is 32.2. The molecule has 0 aliphatic carbocycles. The number of sulfonamides is 1. The van der Waals surface area contributed by atoms with Gasteiger partial charge in [-0.05, 0) is 26.0 Å². The molecule has 2 aromatic heterocycles. The van der Waals surface area contributed by atoms with Crippen LogP contribution in [0, 0.1) is 13.8 Å². The first-order valence-electron chi connectivity index (χ1n) is 7.82. The van der Waals surface area contributed by atoms with E-state index in [-0.39, 0.29) is 48.3 Å². The lowest BCUT2D eigenvalue weighted by atomic mass is 10.2. The smallest absolute Gasteiger partial charge is 0.360 e. The van der Waals surface area contributed by atoms with Crippen LogP contribution in [0.2, 0.25) is 0 Å². The zero-order valence-corrected chi connectivity index (χ0v) is 14.9. The molecule has 0 N–H and O–H groups in total. The minimum absolute atomic E-state index is 0.0137. The molecule has 0 radical (unpaired) electrons. The van der Waals surface area contributed by atoms with E-state index in [1.54, 1.807) is 0 Å². The third-order valence-electron chi connectivity index (χ3n) is 4.20. The van der Waals surface area contributed by atoms with Crippen molar-refractivity contribution in [3.8, 4) is 0 Å². The topological polar surface area (TPSA) is 79.5 Å². The van der Waals surface area contributed by atoms with Crippen molar-refractivity contribution in [2.75, 3.05) is 31.1 Å². The molecule has 0 aromatic carbocycles. The van der Waals surface area contributed by atoms with Crippen molar-refractivity contribution in [3.05, 3.63) is 35.3 Å². The number of rotatable bonds is 3. The molecule has 1 aliphatic rings. The molecule has 26 heavy (non-hydrogen) atoms. The highest BCUT2D eigenvalue weighted by molar-refractivity contribution is 7.89. The van der Waals surface area contributed by atoms with Crippen LogP contribution in [-0.2, 0) is 16.2 Å². The van der Waals surface area contributed by atoms with E-state index < -0.39 is 21.8 Å². The average molecular weight is 390 g/mol. The number of alkyl halides is 3. The van der Waals surface area contributed by atoms with Crippen LogP contribution >= 0.6 is 0 Å². The fraction of sp³-hybridized carbons (Fsp3) is 0.467. The van der Waals surface area contributed by atoms with Gasteiger partial charge in [0.25, 0.3) is 0 Å². The van der Waals surface area contributed by atoms with Gasteiger partial charge in [-0.15, -0.1) is 0 Å². The molecule has 11 heteroatoms. The molecule has 7 nitrogen and oxygen atoms in total. The highest BCUT2D eigenvalue weighted by Gasteiger charge is 2.38. The van der Waals surface area contributed by atoms with Crippen molar-refractivity contribution in [3.63, 3.8) is 0 Å². The second-order valence-electron chi connectivity index (χ2n) is 5.92. The van der Waals surface area contributed by atoms with Crippen LogP contribution < -0.4 is 4.90 Å². The number of hydrogen-bond donors (Lipinski definition) is 0. The van der Waals surface area contributed by atoms with E-state index in [1.165, 1.54) is 35.3 Å². The van der Waals surface area contributed by atoms with Crippen molar-refractivity contribution >= 4 is 15.8 Å². The van der Waals surface area contributed by atoms with Crippen LogP contribution in [-0.4, -0.2) is 49.0 Å². The van der Waals surface area contributed by atoms with Crippen molar-refractivity contribution in [1.82, 2.24) is 14.4 Å². The predicted octanol–water partition coefficient (Wildman–Crippen LogP) is 2.22. The van der Waals surface area contributed by atoms with Gasteiger partial charge in [-0.1, -0.05) is 5.16 Å². The van der Waals surface area contributed by atoms with E-state index in [0.29, 0.717) is 0 Å². The molecule has 2 aromatic rings. The summed E-state index contributed by atoms with van der Waals surface area (Å²) in [5.41, 5.74) is -0.573. The van der Waals surface area contributed by atoms with Crippen LogP contribution in [0.5, 0.6) is 0 Å². The van der Waals surface area contributed by atoms with E-state index in [2.05, 4.69) is 10.1 Å². The number of aromatic nitrogens is 2. The Morgan fingerprint density at radius 3 is 2.35 bits per heavy atom. The molecule has 142 valence electrons. The maximum Gasteiger partial charge on any atom is 0.419 e. The minimum Gasteiger partial charge on any atom is -0.360 e. The molecule has 0 unspecified atom stereocenters. The molecule has 3 heterocycles. The van der Waals surface area contributed by atoms with Crippen LogP contribution in [0.4, 0.5) is 19.0 Å². The molecular weight excluding hydrogens is 373 g/mol. The quantitative estimate of drug-likeness (QED) is 0.800. The van der Waals surface area contributed by atoms with E-state index >= 15 is 0 Å². The van der Waals surface area contributed by atoms with Gasteiger partial charge in [-0.2, -0.15) is 17.5 Å². The van der Waals surface area contributed by atoms with Crippen LogP contribution in [0.3, 0.4) is 0 Å². The first-order valence-corrected chi connectivity index (χ1v) is 9.26. The zero-order chi connectivity index (χ0) is 19.1. The number of anilines is 1. The number of pyridine rings is 1. The van der Waals surface area contributed by atoms with Crippen molar-refractivity contribution in [2.45, 2.75) is 24.9 Å². The van der Waals surface area contributed by atoms with Crippen LogP contribution in [0.1, 0.15) is 17.0 Å². The lowest BCUT2D eigenvalue weighted by Gasteiger charge is -2.35. The maximum absolute atomic E-state index is 13.2. The molecule has 1 aliphatic heterocycles. The molecule has 0 atom stereocenters. The molecule has 3 rings (SSSR count). The fourth-order valence-electron chi connectivity index (χ4n) is 2.98. The van der Waals surface area contributed by atoms with E-state index in [9.17, 15) is 21.6 Å². The Kier molecular flexibility index (Phi) is 4.69. The maximum atomic E-state index is 13.2. The SMILES string of the molecule is Cc1noc(C)c1S(=O)(=O)N1CCN(c2ncccc2C(F)(F)F)CC1. The van der Waals surface area contributed by atoms with Gasteiger partial charge in [0.1, 0.15) is 16.4 Å². The Bertz CT molecular complexity index is 884. The molecule has 0 amide bonds. The van der Waals surface area contributed by atoms with Gasteiger partial charge in [-0.25, -0.2) is 13.4 Å². The zero-order valence-electron chi connectivity index (χ0n) is 14.1. The Balaban J connectivity index is 1.81. The van der Waals surface area contributed by atoms with Crippen LogP contribution in [0.25, 0.3) is 0 Å². The van der Waals surface area contributed by atoms with Gasteiger partial charge in [0.2, 0.25) is 10.0 Å². The molecule has 0 saturated carbocycles. The molecule has 0 spiro atoms. The van der Waals surface area contributed by atoms with E-state index in [0.717, 1.165) is 6.07 Å². The van der Waals surface area contributed by atoms with Gasteiger partial charge < -0.3 is 9.42 Å². The minimum atomic E-state index is -4.52. The standard InChI is InChI=1S/C15H17F3N4O3S/c1-10-13(11(2)25-20-10)26(23,24)22-8-6-21(7-9-22)14-12(15(16,17)18)4-3-5-19-14/h3-5H,6-9H2,1-2H3. The molecule has 1 saturated heterocycles. The van der Waals surface area contributed by atoms with Gasteiger partial charge in [0.05, 0.1) is 5.56 Å². The lowest BCUT2D eigenvalue weighted by Crippen LogP contribution is -2.49. The summed E-state index contributed by atoms with van der Waals surface area (Å²) in [5, 5.41) is 3.65. The highest BCUT2D eigenvalue weighted by Crippen LogP contribution is 2.35. The Hall–Kier alpha value is -2.14. The van der Waals surface area contributed by atoms with E-state index in [4.69, 9.17) is 4.52 Å². The summed E-state index contributed by atoms with van der Waals surface area (Å²) < 4.78 is 71.1. The number of aryl methyl sites for hydroxylation is 2. The van der Waals surface area contributed by atoms with Crippen molar-refractivity contribution in [2.24, 2.45) is 0 Å². The lowest BCUT2D eigenvalue weighted by molar-refractivity contribution is -0.137. The number of piperazine rings is 1.